The molecule has 3 unspecified atom stereocenters. The van der Waals surface area contributed by atoms with Gasteiger partial charge in [0.15, 0.2) is 0 Å². The number of benzene rings is 1. The molecule has 0 bridgehead atoms. The van der Waals surface area contributed by atoms with Crippen molar-refractivity contribution in [3.05, 3.63) is 46.6 Å². The molecule has 1 aliphatic rings. The molecule has 3 rings (SSSR count). The maximum absolute atomic E-state index is 11.5. The number of aryl methyl sites for hydroxylation is 1. The van der Waals surface area contributed by atoms with E-state index in [0.29, 0.717) is 25.1 Å². The van der Waals surface area contributed by atoms with E-state index >= 15 is 0 Å². The molecule has 1 fully saturated rings. The van der Waals surface area contributed by atoms with Crippen molar-refractivity contribution in [2.45, 2.75) is 85.3 Å². The molecular weight excluding hydrogens is 424 g/mol. The summed E-state index contributed by atoms with van der Waals surface area (Å²) >= 11 is 0. The second kappa shape index (κ2) is 10.8. The molecule has 8 heteroatoms. The van der Waals surface area contributed by atoms with Crippen LogP contribution in [0.3, 0.4) is 0 Å². The van der Waals surface area contributed by atoms with Gasteiger partial charge in [0.25, 0.3) is 0 Å². The van der Waals surface area contributed by atoms with Crippen LogP contribution in [0, 0.1) is 13.8 Å². The lowest BCUT2D eigenvalue weighted by Gasteiger charge is -2.34. The molecule has 180 valence electrons. The second-order valence-corrected chi connectivity index (χ2v) is 8.88. The Morgan fingerprint density at radius 3 is 2.42 bits per heavy atom. The molecule has 1 aliphatic heterocycles. The topological polar surface area (TPSA) is 88.9 Å². The van der Waals surface area contributed by atoms with Crippen LogP contribution in [0.1, 0.15) is 69.0 Å². The van der Waals surface area contributed by atoms with Crippen LogP contribution in [0.2, 0.25) is 0 Å². The minimum absolute atomic E-state index is 0.0721. The van der Waals surface area contributed by atoms with Crippen LogP contribution >= 0.6 is 0 Å². The summed E-state index contributed by atoms with van der Waals surface area (Å²) in [5.41, 5.74) is 4.38. The molecule has 0 N–H and O–H groups in total. The third kappa shape index (κ3) is 6.81. The number of hydrogen-bond acceptors (Lipinski definition) is 7. The summed E-state index contributed by atoms with van der Waals surface area (Å²) in [5, 5.41) is 4.72. The smallest absolute Gasteiger partial charge is 0.302 e. The lowest BCUT2D eigenvalue weighted by Crippen LogP contribution is -2.42. The van der Waals surface area contributed by atoms with E-state index < -0.39 is 24.5 Å². The molecule has 33 heavy (non-hydrogen) atoms. The van der Waals surface area contributed by atoms with Gasteiger partial charge in [-0.25, -0.2) is 0 Å². The number of rotatable bonds is 8. The van der Waals surface area contributed by atoms with Gasteiger partial charge in [-0.3, -0.25) is 14.3 Å². The van der Waals surface area contributed by atoms with Gasteiger partial charge in [-0.05, 0) is 33.3 Å². The maximum atomic E-state index is 11.5. The van der Waals surface area contributed by atoms with Gasteiger partial charge in [0.1, 0.15) is 12.7 Å². The van der Waals surface area contributed by atoms with Crippen molar-refractivity contribution in [3.63, 3.8) is 0 Å². The van der Waals surface area contributed by atoms with E-state index in [-0.39, 0.29) is 18.6 Å². The van der Waals surface area contributed by atoms with Gasteiger partial charge in [0, 0.05) is 50.4 Å². The fraction of sp³-hybridized carbons (Fsp3) is 0.560. The summed E-state index contributed by atoms with van der Waals surface area (Å²) in [6, 6.07) is 8.55. The molecule has 1 aromatic heterocycles. The van der Waals surface area contributed by atoms with E-state index in [1.807, 2.05) is 11.6 Å². The fourth-order valence-electron chi connectivity index (χ4n) is 4.02. The van der Waals surface area contributed by atoms with Gasteiger partial charge in [0.05, 0.1) is 6.10 Å². The number of hydrogen-bond donors (Lipinski definition) is 0. The molecule has 1 saturated heterocycles. The van der Waals surface area contributed by atoms with Gasteiger partial charge < -0.3 is 18.9 Å². The van der Waals surface area contributed by atoms with Crippen molar-refractivity contribution in [2.24, 2.45) is 0 Å². The van der Waals surface area contributed by atoms with E-state index in [4.69, 9.17) is 24.0 Å². The van der Waals surface area contributed by atoms with E-state index in [1.54, 1.807) is 0 Å². The average Bonchev–Trinajstić information content (AvgIpc) is 3.03. The Balaban J connectivity index is 1.84. The molecule has 8 nitrogen and oxygen atoms in total. The Morgan fingerprint density at radius 2 is 1.82 bits per heavy atom. The molecular formula is C25H34N2O6. The Hall–Kier alpha value is -2.87. The minimum atomic E-state index is -0.685. The zero-order valence-electron chi connectivity index (χ0n) is 20.3. The maximum Gasteiger partial charge on any atom is 0.302 e. The monoisotopic (exact) mass is 458 g/mol. The summed E-state index contributed by atoms with van der Waals surface area (Å²) in [6.45, 7) is 11.0. The number of ether oxygens (including phenoxy) is 4. The molecule has 0 saturated carbocycles. The van der Waals surface area contributed by atoms with Crippen molar-refractivity contribution in [1.29, 1.82) is 0 Å². The summed E-state index contributed by atoms with van der Waals surface area (Å²) in [5.74, 6) is -0.259. The van der Waals surface area contributed by atoms with Crippen molar-refractivity contribution in [1.82, 2.24) is 9.78 Å². The third-order valence-electron chi connectivity index (χ3n) is 5.60. The second-order valence-electron chi connectivity index (χ2n) is 8.88. The number of aromatic nitrogens is 2. The van der Waals surface area contributed by atoms with Crippen molar-refractivity contribution in [2.75, 3.05) is 6.61 Å². The standard InChI is InChI=1S/C25H34N2O6/c1-15(2)27-17(4)23(11-20-9-7-16(3)8-10-20)25(26-27)33-24-13-21(31-19(6)29)12-22(32-24)14-30-18(5)28/h7-10,15,21-22,24H,11-14H2,1-6H3. The van der Waals surface area contributed by atoms with Gasteiger partial charge in [-0.2, -0.15) is 0 Å². The number of carbonyl (C=O) groups excluding carboxylic acids is 2. The van der Waals surface area contributed by atoms with Gasteiger partial charge >= 0.3 is 11.9 Å². The van der Waals surface area contributed by atoms with Crippen LogP contribution in [0.5, 0.6) is 5.88 Å². The highest BCUT2D eigenvalue weighted by Gasteiger charge is 2.34. The van der Waals surface area contributed by atoms with E-state index in [1.165, 1.54) is 19.4 Å². The van der Waals surface area contributed by atoms with Crippen LogP contribution in [0.25, 0.3) is 0 Å². The van der Waals surface area contributed by atoms with Crippen molar-refractivity contribution in [3.8, 4) is 5.88 Å². The molecule has 0 spiro atoms. The van der Waals surface area contributed by atoms with E-state index in [9.17, 15) is 9.59 Å². The lowest BCUT2D eigenvalue weighted by atomic mass is 10.0. The van der Waals surface area contributed by atoms with Crippen molar-refractivity contribution < 1.29 is 28.5 Å². The predicted octanol–water partition coefficient (Wildman–Crippen LogP) is 4.05. The summed E-state index contributed by atoms with van der Waals surface area (Å²) in [7, 11) is 0. The molecule has 0 amide bonds. The largest absolute Gasteiger partial charge is 0.463 e. The molecule has 0 radical (unpaired) electrons. The zero-order valence-corrected chi connectivity index (χ0v) is 20.3. The Kier molecular flexibility index (Phi) is 8.13. The first kappa shape index (κ1) is 24.8. The molecule has 2 heterocycles. The number of esters is 2. The Labute approximate surface area is 195 Å². The Morgan fingerprint density at radius 1 is 1.12 bits per heavy atom. The third-order valence-corrected chi connectivity index (χ3v) is 5.60. The van der Waals surface area contributed by atoms with Gasteiger partial charge in [0.2, 0.25) is 12.2 Å². The SMILES string of the molecule is CC(=O)OCC1CC(OC(C)=O)CC(Oc2nn(C(C)C)c(C)c2Cc2ccc(C)cc2)O1. The van der Waals surface area contributed by atoms with E-state index in [2.05, 4.69) is 45.0 Å². The highest BCUT2D eigenvalue weighted by atomic mass is 16.7. The quantitative estimate of drug-likeness (QED) is 0.551. The van der Waals surface area contributed by atoms with Crippen LogP contribution in [-0.2, 0) is 30.2 Å². The first-order chi connectivity index (χ1) is 15.6. The highest BCUT2D eigenvalue weighted by Crippen LogP contribution is 2.31. The van der Waals surface area contributed by atoms with Crippen LogP contribution < -0.4 is 4.74 Å². The van der Waals surface area contributed by atoms with Gasteiger partial charge in [-0.1, -0.05) is 29.8 Å². The average molecular weight is 459 g/mol. The summed E-state index contributed by atoms with van der Waals surface area (Å²) < 4.78 is 24.8. The van der Waals surface area contributed by atoms with Crippen LogP contribution in [0.4, 0.5) is 0 Å². The fourth-order valence-corrected chi connectivity index (χ4v) is 4.02. The molecule has 2 aromatic rings. The van der Waals surface area contributed by atoms with Crippen LogP contribution in [0.15, 0.2) is 24.3 Å². The molecule has 0 aliphatic carbocycles. The van der Waals surface area contributed by atoms with E-state index in [0.717, 1.165) is 16.8 Å². The van der Waals surface area contributed by atoms with Crippen LogP contribution in [-0.4, -0.2) is 46.8 Å². The predicted molar refractivity (Wildman–Crippen MR) is 122 cm³/mol. The van der Waals surface area contributed by atoms with Gasteiger partial charge in [-0.15, -0.1) is 5.10 Å². The Bertz CT molecular complexity index is 966. The number of carbonyl (C=O) groups is 2. The summed E-state index contributed by atoms with van der Waals surface area (Å²) in [4.78, 5) is 22.8. The minimum Gasteiger partial charge on any atom is -0.463 e. The summed E-state index contributed by atoms with van der Waals surface area (Å²) in [6.07, 6.45) is -0.0434. The molecule has 1 aromatic carbocycles. The molecule has 3 atom stereocenters. The number of nitrogens with zero attached hydrogens (tertiary/aromatic N) is 2. The lowest BCUT2D eigenvalue weighted by molar-refractivity contribution is -0.202. The first-order valence-corrected chi connectivity index (χ1v) is 11.4. The normalized spacial score (nSPS) is 20.5. The zero-order chi connectivity index (χ0) is 24.1. The highest BCUT2D eigenvalue weighted by molar-refractivity contribution is 5.66. The first-order valence-electron chi connectivity index (χ1n) is 11.4. The van der Waals surface area contributed by atoms with Crippen molar-refractivity contribution >= 4 is 11.9 Å².